The molecule has 1 aromatic rings. The molecule has 0 heterocycles. The van der Waals surface area contributed by atoms with Gasteiger partial charge in [0.15, 0.2) is 0 Å². The van der Waals surface area contributed by atoms with Crippen LogP contribution in [-0.2, 0) is 10.1 Å². The van der Waals surface area contributed by atoms with E-state index in [1.807, 2.05) is 12.1 Å². The monoisotopic (exact) mass is 358 g/mol. The van der Waals surface area contributed by atoms with Gasteiger partial charge in [-0.25, -0.2) is 0 Å². The fourth-order valence-electron chi connectivity index (χ4n) is 1.84. The maximum Gasteiger partial charge on any atom is 0.246 e. The highest BCUT2D eigenvalue weighted by atomic mass is 35.7. The number of hydrogen-bond donors (Lipinski definition) is 0. The maximum absolute atomic E-state index is 6.26. The second kappa shape index (κ2) is 6.07. The summed E-state index contributed by atoms with van der Waals surface area (Å²) in [5, 5.41) is -0.401. The van der Waals surface area contributed by atoms with E-state index in [2.05, 4.69) is 39.8 Å². The minimum absolute atomic E-state index is 0.200. The van der Waals surface area contributed by atoms with E-state index >= 15 is 0 Å². The van der Waals surface area contributed by atoms with Crippen LogP contribution >= 0.6 is 44.3 Å². The Kier molecular flexibility index (Phi) is 5.68. The predicted molar refractivity (Wildman–Crippen MR) is 90.2 cm³/mol. The first-order valence-electron chi connectivity index (χ1n) is 5.78. The van der Waals surface area contributed by atoms with Gasteiger partial charge in [-0.2, -0.15) is 0 Å². The predicted octanol–water partition coefficient (Wildman–Crippen LogP) is 4.72. The maximum atomic E-state index is 6.26. The van der Waals surface area contributed by atoms with Gasteiger partial charge in [-0.15, -0.1) is 44.3 Å². The van der Waals surface area contributed by atoms with E-state index in [1.165, 1.54) is 11.1 Å². The summed E-state index contributed by atoms with van der Waals surface area (Å²) in [6.45, 7) is 8.38. The van der Waals surface area contributed by atoms with Gasteiger partial charge in [0.2, 0.25) is 14.8 Å². The van der Waals surface area contributed by atoms with Crippen molar-refractivity contribution in [1.29, 1.82) is 0 Å². The van der Waals surface area contributed by atoms with E-state index in [9.17, 15) is 0 Å². The third kappa shape index (κ3) is 3.28. The Bertz CT molecular complexity index is 377. The van der Waals surface area contributed by atoms with Crippen molar-refractivity contribution in [2.75, 3.05) is 0 Å². The second-order valence-corrected chi connectivity index (χ2v) is 16.3. The van der Waals surface area contributed by atoms with E-state index in [0.717, 1.165) is 0 Å². The van der Waals surface area contributed by atoms with Crippen molar-refractivity contribution in [3.05, 3.63) is 35.4 Å². The molecule has 0 bridgehead atoms. The number of halogens is 4. The minimum Gasteiger partial charge on any atom is -0.149 e. The molecule has 0 saturated heterocycles. The average Bonchev–Trinajstić information content (AvgIpc) is 2.28. The molecular formula is C12H18Cl4Si2. The molecule has 102 valence electrons. The van der Waals surface area contributed by atoms with Crippen LogP contribution in [0.15, 0.2) is 24.3 Å². The molecular weight excluding hydrogens is 342 g/mol. The molecule has 0 aliphatic rings. The molecule has 18 heavy (non-hydrogen) atoms. The second-order valence-electron chi connectivity index (χ2n) is 5.59. The molecule has 0 fully saturated rings. The van der Waals surface area contributed by atoms with Gasteiger partial charge in [-0.3, -0.25) is 0 Å². The van der Waals surface area contributed by atoms with Crippen LogP contribution in [-0.4, -0.2) is 14.8 Å². The van der Waals surface area contributed by atoms with E-state index < -0.39 is 14.8 Å². The minimum atomic E-state index is -1.86. The molecule has 6 heteroatoms. The normalized spacial score (nSPS) is 13.4. The van der Waals surface area contributed by atoms with Crippen LogP contribution in [0.3, 0.4) is 0 Å². The third-order valence-corrected chi connectivity index (χ3v) is 12.8. The van der Waals surface area contributed by atoms with Gasteiger partial charge >= 0.3 is 0 Å². The smallest absolute Gasteiger partial charge is 0.149 e. The zero-order valence-electron chi connectivity index (χ0n) is 11.0. The fraction of sp³-hybridized carbons (Fsp3) is 0.500. The van der Waals surface area contributed by atoms with Crippen LogP contribution in [0.4, 0.5) is 0 Å². The Balaban J connectivity index is 3.41. The highest BCUT2D eigenvalue weighted by Gasteiger charge is 2.38. The van der Waals surface area contributed by atoms with Crippen molar-refractivity contribution < 1.29 is 0 Å². The molecule has 0 aliphatic carbocycles. The lowest BCUT2D eigenvalue weighted by Gasteiger charge is -2.34. The molecule has 0 saturated carbocycles. The molecule has 0 aromatic heterocycles. The van der Waals surface area contributed by atoms with Gasteiger partial charge in [0, 0.05) is 10.1 Å². The van der Waals surface area contributed by atoms with Crippen LogP contribution in [0.1, 0.15) is 38.8 Å². The highest BCUT2D eigenvalue weighted by Crippen LogP contribution is 2.39. The van der Waals surface area contributed by atoms with Gasteiger partial charge < -0.3 is 0 Å². The summed E-state index contributed by atoms with van der Waals surface area (Å²) < 4.78 is 0. The Morgan fingerprint density at radius 2 is 1.00 bits per heavy atom. The first-order valence-corrected chi connectivity index (χ1v) is 13.9. The summed E-state index contributed by atoms with van der Waals surface area (Å²) in [5.41, 5.74) is 2.35. The summed E-state index contributed by atoms with van der Waals surface area (Å²) in [5.74, 6) is 0. The quantitative estimate of drug-likeness (QED) is 0.539. The third-order valence-electron chi connectivity index (χ3n) is 3.41. The Hall–Kier alpha value is 0.814. The number of benzene rings is 1. The molecule has 0 atom stereocenters. The number of rotatable bonds is 4. The summed E-state index contributed by atoms with van der Waals surface area (Å²) in [6.07, 6.45) is 0. The van der Waals surface area contributed by atoms with Crippen LogP contribution < -0.4 is 0 Å². The van der Waals surface area contributed by atoms with E-state index in [-0.39, 0.29) is 10.1 Å². The van der Waals surface area contributed by atoms with Crippen molar-refractivity contribution in [2.45, 2.75) is 37.8 Å². The molecule has 1 rings (SSSR count). The molecule has 0 nitrogen and oxygen atoms in total. The SMILES string of the molecule is CC(C)(c1ccccc1C(C)(C)[SiH](Cl)Cl)[SiH](Cl)Cl. The van der Waals surface area contributed by atoms with Gasteiger partial charge in [0.1, 0.15) is 0 Å². The van der Waals surface area contributed by atoms with Crippen molar-refractivity contribution >= 4 is 59.1 Å². The molecule has 0 radical (unpaired) electrons. The summed E-state index contributed by atoms with van der Waals surface area (Å²) in [4.78, 5) is 0. The molecule has 0 amide bonds. The van der Waals surface area contributed by atoms with Gasteiger partial charge in [-0.05, 0) is 11.1 Å². The molecule has 0 N–H and O–H groups in total. The zero-order valence-corrected chi connectivity index (χ0v) is 16.3. The molecule has 0 unspecified atom stereocenters. The zero-order chi connectivity index (χ0) is 14.1. The van der Waals surface area contributed by atoms with Crippen LogP contribution in [0.25, 0.3) is 0 Å². The lowest BCUT2D eigenvalue weighted by molar-refractivity contribution is 0.684. The summed E-state index contributed by atoms with van der Waals surface area (Å²) in [7, 11) is -3.73. The molecule has 1 aromatic carbocycles. The van der Waals surface area contributed by atoms with Crippen LogP contribution in [0, 0.1) is 0 Å². The highest BCUT2D eigenvalue weighted by molar-refractivity contribution is 7.35. The Labute approximate surface area is 132 Å². The van der Waals surface area contributed by atoms with Crippen molar-refractivity contribution in [1.82, 2.24) is 0 Å². The topological polar surface area (TPSA) is 0 Å². The average molecular weight is 360 g/mol. The lowest BCUT2D eigenvalue weighted by Crippen LogP contribution is -2.37. The van der Waals surface area contributed by atoms with E-state index in [4.69, 9.17) is 44.3 Å². The van der Waals surface area contributed by atoms with Gasteiger partial charge in [-0.1, -0.05) is 52.0 Å². The van der Waals surface area contributed by atoms with Crippen molar-refractivity contribution in [2.24, 2.45) is 0 Å². The van der Waals surface area contributed by atoms with Crippen LogP contribution in [0.5, 0.6) is 0 Å². The molecule has 0 spiro atoms. The lowest BCUT2D eigenvalue weighted by atomic mass is 9.89. The standard InChI is InChI=1S/C12H18Cl4Si2/c1-11(2,17(13)14)9-7-5-6-8-10(9)12(3,4)18(15)16/h5-8,17-18H,1-4H3. The summed E-state index contributed by atoms with van der Waals surface area (Å²) >= 11 is 25.0. The molecule has 0 aliphatic heterocycles. The van der Waals surface area contributed by atoms with Crippen molar-refractivity contribution in [3.63, 3.8) is 0 Å². The van der Waals surface area contributed by atoms with Gasteiger partial charge in [0.05, 0.1) is 0 Å². The Morgan fingerprint density at radius 3 is 1.22 bits per heavy atom. The van der Waals surface area contributed by atoms with E-state index in [1.54, 1.807) is 0 Å². The number of hydrogen-bond acceptors (Lipinski definition) is 0. The van der Waals surface area contributed by atoms with Gasteiger partial charge in [0.25, 0.3) is 0 Å². The first-order chi connectivity index (χ1) is 8.11. The Morgan fingerprint density at radius 1 is 0.722 bits per heavy atom. The van der Waals surface area contributed by atoms with Crippen LogP contribution in [0.2, 0.25) is 0 Å². The van der Waals surface area contributed by atoms with E-state index in [0.29, 0.717) is 0 Å². The largest absolute Gasteiger partial charge is 0.246 e. The first kappa shape index (κ1) is 16.9. The van der Waals surface area contributed by atoms with Crippen molar-refractivity contribution in [3.8, 4) is 0 Å². The summed E-state index contributed by atoms with van der Waals surface area (Å²) in [6, 6.07) is 8.21. The fourth-order valence-corrected chi connectivity index (χ4v) is 4.23.